The van der Waals surface area contributed by atoms with E-state index in [0.717, 1.165) is 29.9 Å². The molecule has 4 atom stereocenters. The summed E-state index contributed by atoms with van der Waals surface area (Å²) in [7, 11) is 0. The molecule has 3 rings (SSSR count). The summed E-state index contributed by atoms with van der Waals surface area (Å²) in [5, 5.41) is 0. The first-order valence-corrected chi connectivity index (χ1v) is 11.0. The van der Waals surface area contributed by atoms with Crippen LogP contribution >= 0.6 is 0 Å². The van der Waals surface area contributed by atoms with E-state index in [1.165, 1.54) is 0 Å². The molecular formula is C28H37N3. The van der Waals surface area contributed by atoms with Gasteiger partial charge in [-0.15, -0.1) is 0 Å². The summed E-state index contributed by atoms with van der Waals surface area (Å²) in [5.74, 6) is 0. The SMILES string of the molecule is CC1(CC2(C)/C=C\C(N)=C/C(C)(CC3(C)C=CC=CC(N)=C3)/C=C\2)C=CC=C(N)C=C1. The van der Waals surface area contributed by atoms with Crippen LogP contribution in [0, 0.1) is 21.7 Å². The Balaban J connectivity index is 1.91. The number of hydrogen-bond acceptors (Lipinski definition) is 3. The first-order valence-electron chi connectivity index (χ1n) is 11.0. The summed E-state index contributed by atoms with van der Waals surface area (Å²) >= 11 is 0. The van der Waals surface area contributed by atoms with Crippen molar-refractivity contribution < 1.29 is 0 Å². The molecule has 0 aromatic carbocycles. The Morgan fingerprint density at radius 1 is 0.516 bits per heavy atom. The molecule has 6 N–H and O–H groups in total. The molecular weight excluding hydrogens is 378 g/mol. The van der Waals surface area contributed by atoms with Gasteiger partial charge in [0.1, 0.15) is 0 Å². The Kier molecular flexibility index (Phi) is 6.09. The van der Waals surface area contributed by atoms with Crippen LogP contribution in [0.1, 0.15) is 40.5 Å². The monoisotopic (exact) mass is 415 g/mol. The van der Waals surface area contributed by atoms with Crippen molar-refractivity contribution in [2.24, 2.45) is 38.9 Å². The Hall–Kier alpha value is -2.94. The van der Waals surface area contributed by atoms with Crippen molar-refractivity contribution in [2.45, 2.75) is 40.5 Å². The third-order valence-electron chi connectivity index (χ3n) is 6.32. The highest BCUT2D eigenvalue weighted by molar-refractivity contribution is 5.35. The van der Waals surface area contributed by atoms with Crippen LogP contribution in [0.25, 0.3) is 0 Å². The maximum Gasteiger partial charge on any atom is 0.0310 e. The molecule has 0 fully saturated rings. The van der Waals surface area contributed by atoms with Crippen molar-refractivity contribution in [3.63, 3.8) is 0 Å². The lowest BCUT2D eigenvalue weighted by molar-refractivity contribution is 0.339. The van der Waals surface area contributed by atoms with E-state index >= 15 is 0 Å². The van der Waals surface area contributed by atoms with Gasteiger partial charge in [-0.25, -0.2) is 0 Å². The fraction of sp³-hybridized carbons (Fsp3) is 0.357. The largest absolute Gasteiger partial charge is 0.399 e. The van der Waals surface area contributed by atoms with Gasteiger partial charge in [-0.2, -0.15) is 0 Å². The van der Waals surface area contributed by atoms with Gasteiger partial charge in [0, 0.05) is 38.8 Å². The van der Waals surface area contributed by atoms with Crippen LogP contribution in [0.5, 0.6) is 0 Å². The zero-order valence-corrected chi connectivity index (χ0v) is 19.3. The normalized spacial score (nSPS) is 41.1. The topological polar surface area (TPSA) is 78.1 Å². The van der Waals surface area contributed by atoms with E-state index < -0.39 is 0 Å². The molecule has 0 saturated carbocycles. The van der Waals surface area contributed by atoms with Crippen LogP contribution in [0.15, 0.2) is 108 Å². The zero-order chi connectivity index (χ0) is 22.8. The lowest BCUT2D eigenvalue weighted by Gasteiger charge is -2.37. The van der Waals surface area contributed by atoms with Crippen LogP contribution in [-0.2, 0) is 0 Å². The lowest BCUT2D eigenvalue weighted by atomic mass is 9.67. The Morgan fingerprint density at radius 2 is 1.00 bits per heavy atom. The summed E-state index contributed by atoms with van der Waals surface area (Å²) in [6.07, 6.45) is 33.7. The van der Waals surface area contributed by atoms with Gasteiger partial charge in [0.2, 0.25) is 0 Å². The molecule has 0 amide bonds. The molecule has 0 heterocycles. The second-order valence-electron chi connectivity index (χ2n) is 10.4. The standard InChI is InChI=1S/C28H37N3/c1-25(13-7-9-22(29)10-14-25)20-26(2)15-11-24(31)19-28(4,17-16-26)21-27(3)12-6-5-8-23(30)18-27/h5-19H,20-21,29-31H2,1-4H3/b15-11-,17-16-,24-19+. The molecule has 0 bridgehead atoms. The molecule has 0 spiro atoms. The molecule has 31 heavy (non-hydrogen) atoms. The fourth-order valence-corrected chi connectivity index (χ4v) is 4.99. The van der Waals surface area contributed by atoms with E-state index in [1.54, 1.807) is 0 Å². The fourth-order valence-electron chi connectivity index (χ4n) is 4.99. The van der Waals surface area contributed by atoms with E-state index in [2.05, 4.69) is 94.5 Å². The van der Waals surface area contributed by atoms with E-state index in [-0.39, 0.29) is 21.7 Å². The van der Waals surface area contributed by atoms with E-state index in [1.807, 2.05) is 24.3 Å². The second kappa shape index (κ2) is 8.30. The summed E-state index contributed by atoms with van der Waals surface area (Å²) < 4.78 is 0. The van der Waals surface area contributed by atoms with Crippen LogP contribution in [0.2, 0.25) is 0 Å². The van der Waals surface area contributed by atoms with Gasteiger partial charge in [-0.3, -0.25) is 0 Å². The highest BCUT2D eigenvalue weighted by Crippen LogP contribution is 2.45. The minimum Gasteiger partial charge on any atom is -0.399 e. The molecule has 0 aromatic rings. The average molecular weight is 416 g/mol. The molecule has 0 saturated heterocycles. The molecule has 3 aliphatic carbocycles. The van der Waals surface area contributed by atoms with Gasteiger partial charge in [0.05, 0.1) is 0 Å². The van der Waals surface area contributed by atoms with Crippen molar-refractivity contribution in [3.8, 4) is 0 Å². The van der Waals surface area contributed by atoms with Gasteiger partial charge in [0.15, 0.2) is 0 Å². The Labute approximate surface area is 187 Å². The predicted octanol–water partition coefficient (Wildman–Crippen LogP) is 5.70. The third kappa shape index (κ3) is 6.04. The van der Waals surface area contributed by atoms with Gasteiger partial charge in [-0.05, 0) is 37.1 Å². The van der Waals surface area contributed by atoms with E-state index in [9.17, 15) is 0 Å². The van der Waals surface area contributed by atoms with E-state index in [4.69, 9.17) is 17.2 Å². The minimum atomic E-state index is -0.210. The van der Waals surface area contributed by atoms with Gasteiger partial charge in [0.25, 0.3) is 0 Å². The van der Waals surface area contributed by atoms with Crippen molar-refractivity contribution in [2.75, 3.05) is 0 Å². The molecule has 164 valence electrons. The summed E-state index contributed by atoms with van der Waals surface area (Å²) in [4.78, 5) is 0. The maximum absolute atomic E-state index is 6.43. The van der Waals surface area contributed by atoms with Crippen LogP contribution in [0.4, 0.5) is 0 Å². The number of allylic oxidation sites excluding steroid dienone is 15. The molecule has 0 aliphatic heterocycles. The van der Waals surface area contributed by atoms with Crippen molar-refractivity contribution in [1.29, 1.82) is 0 Å². The zero-order valence-electron chi connectivity index (χ0n) is 19.3. The molecule has 3 heteroatoms. The van der Waals surface area contributed by atoms with Crippen molar-refractivity contribution in [1.82, 2.24) is 0 Å². The van der Waals surface area contributed by atoms with Gasteiger partial charge < -0.3 is 17.2 Å². The average Bonchev–Trinajstić information content (AvgIpc) is 2.93. The molecule has 3 nitrogen and oxygen atoms in total. The maximum atomic E-state index is 6.43. The molecule has 0 aromatic heterocycles. The number of rotatable bonds is 4. The van der Waals surface area contributed by atoms with Crippen molar-refractivity contribution in [3.05, 3.63) is 108 Å². The Morgan fingerprint density at radius 3 is 1.71 bits per heavy atom. The summed E-state index contributed by atoms with van der Waals surface area (Å²) in [6, 6.07) is 0. The first-order chi connectivity index (χ1) is 14.4. The minimum absolute atomic E-state index is 0.103. The van der Waals surface area contributed by atoms with Gasteiger partial charge in [-0.1, -0.05) is 94.5 Å². The highest BCUT2D eigenvalue weighted by atomic mass is 14.6. The van der Waals surface area contributed by atoms with Crippen LogP contribution in [0.3, 0.4) is 0 Å². The summed E-state index contributed by atoms with van der Waals surface area (Å²) in [6.45, 7) is 8.98. The van der Waals surface area contributed by atoms with E-state index in [0.29, 0.717) is 0 Å². The van der Waals surface area contributed by atoms with Crippen LogP contribution < -0.4 is 17.2 Å². The summed E-state index contributed by atoms with van der Waals surface area (Å²) in [5.41, 5.74) is 20.3. The van der Waals surface area contributed by atoms with Gasteiger partial charge >= 0.3 is 0 Å². The number of nitrogens with two attached hydrogens (primary N) is 3. The molecule has 0 radical (unpaired) electrons. The van der Waals surface area contributed by atoms with Crippen LogP contribution in [-0.4, -0.2) is 0 Å². The van der Waals surface area contributed by atoms with Crippen molar-refractivity contribution >= 4 is 0 Å². The molecule has 4 unspecified atom stereocenters. The predicted molar refractivity (Wildman–Crippen MR) is 133 cm³/mol. The quantitative estimate of drug-likeness (QED) is 0.516. The highest BCUT2D eigenvalue weighted by Gasteiger charge is 2.34. The lowest BCUT2D eigenvalue weighted by Crippen LogP contribution is -2.27. The second-order valence-corrected chi connectivity index (χ2v) is 10.4. The number of hydrogen-bond donors (Lipinski definition) is 3. The smallest absolute Gasteiger partial charge is 0.0310 e. The first kappa shape index (κ1) is 22.7. The third-order valence-corrected chi connectivity index (χ3v) is 6.32. The molecule has 3 aliphatic rings. The Bertz CT molecular complexity index is 984.